The van der Waals surface area contributed by atoms with Crippen molar-refractivity contribution in [2.24, 2.45) is 0 Å². The minimum atomic E-state index is -0.512. The highest BCUT2D eigenvalue weighted by Gasteiger charge is 2.17. The Morgan fingerprint density at radius 1 is 1.58 bits per heavy atom. The van der Waals surface area contributed by atoms with Gasteiger partial charge in [-0.2, -0.15) is 0 Å². The van der Waals surface area contributed by atoms with Crippen molar-refractivity contribution in [2.45, 2.75) is 25.4 Å². The van der Waals surface area contributed by atoms with Gasteiger partial charge in [0.05, 0.1) is 6.33 Å². The van der Waals surface area contributed by atoms with Gasteiger partial charge < -0.3 is 15.8 Å². The Morgan fingerprint density at radius 3 is 2.95 bits per heavy atom. The summed E-state index contributed by atoms with van der Waals surface area (Å²) in [5.74, 6) is -0.252. The maximum absolute atomic E-state index is 11.8. The summed E-state index contributed by atoms with van der Waals surface area (Å²) in [5.41, 5.74) is 4.80. The van der Waals surface area contributed by atoms with Crippen molar-refractivity contribution in [3.05, 3.63) is 21.8 Å². The van der Waals surface area contributed by atoms with Gasteiger partial charge in [-0.3, -0.25) is 14.2 Å². The molecule has 1 aromatic rings. The summed E-state index contributed by atoms with van der Waals surface area (Å²) >= 11 is 5.61. The molecule has 0 atom stereocenters. The molecule has 104 valence electrons. The molecule has 1 aromatic heterocycles. The van der Waals surface area contributed by atoms with E-state index in [1.807, 2.05) is 0 Å². The first-order chi connectivity index (χ1) is 9.08. The van der Waals surface area contributed by atoms with E-state index in [9.17, 15) is 9.59 Å². The molecule has 7 nitrogen and oxygen atoms in total. The van der Waals surface area contributed by atoms with Crippen LogP contribution in [0.2, 0.25) is 5.15 Å². The molecule has 0 aliphatic carbocycles. The normalized spacial score (nSPS) is 16.3. The number of carbonyl (C=O) groups excluding carboxylic acids is 1. The van der Waals surface area contributed by atoms with Crippen LogP contribution in [0.4, 0.5) is 5.69 Å². The largest absolute Gasteiger partial charge is 0.392 e. The Hall–Kier alpha value is -1.60. The number of hydrogen-bond acceptors (Lipinski definition) is 5. The minimum Gasteiger partial charge on any atom is -0.392 e. The van der Waals surface area contributed by atoms with Crippen molar-refractivity contribution < 1.29 is 9.53 Å². The fourth-order valence-corrected chi connectivity index (χ4v) is 1.99. The van der Waals surface area contributed by atoms with E-state index in [0.717, 1.165) is 17.4 Å². The molecule has 2 rings (SSSR count). The number of halogens is 1. The molecule has 0 bridgehead atoms. The first-order valence-corrected chi connectivity index (χ1v) is 6.33. The van der Waals surface area contributed by atoms with Gasteiger partial charge in [-0.25, -0.2) is 4.98 Å². The lowest BCUT2D eigenvalue weighted by atomic mass is 10.1. The Balaban J connectivity index is 1.99. The van der Waals surface area contributed by atoms with E-state index in [1.54, 1.807) is 0 Å². The fourth-order valence-electron chi connectivity index (χ4n) is 1.87. The van der Waals surface area contributed by atoms with Gasteiger partial charge in [0.2, 0.25) is 5.91 Å². The molecule has 2 heterocycles. The maximum atomic E-state index is 11.8. The van der Waals surface area contributed by atoms with Crippen LogP contribution < -0.4 is 16.6 Å². The second kappa shape index (κ2) is 6.03. The molecule has 19 heavy (non-hydrogen) atoms. The van der Waals surface area contributed by atoms with E-state index in [4.69, 9.17) is 22.1 Å². The zero-order chi connectivity index (χ0) is 13.8. The first kappa shape index (κ1) is 13.8. The maximum Gasteiger partial charge on any atom is 0.278 e. The molecule has 1 aliphatic rings. The van der Waals surface area contributed by atoms with Gasteiger partial charge in [0.1, 0.15) is 12.2 Å². The molecular weight excluding hydrogens is 272 g/mol. The van der Waals surface area contributed by atoms with Crippen LogP contribution in [0, 0.1) is 0 Å². The lowest BCUT2D eigenvalue weighted by molar-refractivity contribution is -0.123. The monoisotopic (exact) mass is 286 g/mol. The van der Waals surface area contributed by atoms with E-state index in [0.29, 0.717) is 13.2 Å². The highest BCUT2D eigenvalue weighted by atomic mass is 35.5. The minimum absolute atomic E-state index is 0.0499. The van der Waals surface area contributed by atoms with Gasteiger partial charge in [-0.1, -0.05) is 11.6 Å². The zero-order valence-corrected chi connectivity index (χ0v) is 11.0. The standard InChI is InChI=1S/C11H15ClN4O3/c12-10-9(13)11(18)16(6-14-10)5-8(17)15-7-1-3-19-4-2-7/h6-7H,1-5,13H2,(H,15,17). The van der Waals surface area contributed by atoms with Crippen molar-refractivity contribution in [3.8, 4) is 0 Å². The van der Waals surface area contributed by atoms with Gasteiger partial charge in [-0.05, 0) is 12.8 Å². The van der Waals surface area contributed by atoms with E-state index in [-0.39, 0.29) is 29.3 Å². The number of carbonyl (C=O) groups is 1. The van der Waals surface area contributed by atoms with Crippen LogP contribution in [0.3, 0.4) is 0 Å². The summed E-state index contributed by atoms with van der Waals surface area (Å²) < 4.78 is 6.33. The average molecular weight is 287 g/mol. The molecule has 1 fully saturated rings. The Morgan fingerprint density at radius 2 is 2.26 bits per heavy atom. The number of rotatable bonds is 3. The van der Waals surface area contributed by atoms with Crippen molar-refractivity contribution in [3.63, 3.8) is 0 Å². The number of nitrogens with two attached hydrogens (primary N) is 1. The molecule has 0 radical (unpaired) electrons. The van der Waals surface area contributed by atoms with Gasteiger partial charge in [0, 0.05) is 19.3 Å². The molecule has 1 aliphatic heterocycles. The topological polar surface area (TPSA) is 99.2 Å². The van der Waals surface area contributed by atoms with Crippen molar-refractivity contribution >= 4 is 23.2 Å². The summed E-state index contributed by atoms with van der Waals surface area (Å²) in [5, 5.41) is 2.80. The molecule has 3 N–H and O–H groups in total. The molecule has 8 heteroatoms. The van der Waals surface area contributed by atoms with Crippen LogP contribution in [0.1, 0.15) is 12.8 Å². The molecule has 1 amide bonds. The lowest BCUT2D eigenvalue weighted by Crippen LogP contribution is -2.41. The molecule has 1 saturated heterocycles. The Kier molecular flexibility index (Phi) is 4.39. The number of aromatic nitrogens is 2. The smallest absolute Gasteiger partial charge is 0.278 e. The number of nitrogens with one attached hydrogen (secondary N) is 1. The average Bonchev–Trinajstić information content (AvgIpc) is 2.41. The Bertz CT molecular complexity index is 525. The van der Waals surface area contributed by atoms with Crippen LogP contribution in [-0.4, -0.2) is 34.7 Å². The molecule has 0 aromatic carbocycles. The van der Waals surface area contributed by atoms with Gasteiger partial charge in [-0.15, -0.1) is 0 Å². The molecule has 0 spiro atoms. The van der Waals surface area contributed by atoms with Crippen molar-refractivity contribution in [1.82, 2.24) is 14.9 Å². The van der Waals surface area contributed by atoms with Crippen LogP contribution >= 0.6 is 11.6 Å². The number of ether oxygens (including phenoxy) is 1. The summed E-state index contributed by atoms with van der Waals surface area (Å²) in [6.45, 7) is 1.16. The van der Waals surface area contributed by atoms with Gasteiger partial charge in [0.15, 0.2) is 5.15 Å². The lowest BCUT2D eigenvalue weighted by Gasteiger charge is -2.23. The number of nitrogen functional groups attached to an aromatic ring is 1. The van der Waals surface area contributed by atoms with Gasteiger partial charge in [0.25, 0.3) is 5.56 Å². The van der Waals surface area contributed by atoms with E-state index >= 15 is 0 Å². The van der Waals surface area contributed by atoms with Crippen molar-refractivity contribution in [1.29, 1.82) is 0 Å². The van der Waals surface area contributed by atoms with E-state index in [1.165, 1.54) is 6.33 Å². The number of amides is 1. The summed E-state index contributed by atoms with van der Waals surface area (Å²) in [6.07, 6.45) is 2.77. The SMILES string of the molecule is Nc1c(Cl)ncn(CC(=O)NC2CCOCC2)c1=O. The number of hydrogen-bond donors (Lipinski definition) is 2. The third-order valence-corrected chi connectivity index (χ3v) is 3.23. The first-order valence-electron chi connectivity index (χ1n) is 5.95. The number of nitrogens with zero attached hydrogens (tertiary/aromatic N) is 2. The number of anilines is 1. The highest BCUT2D eigenvalue weighted by Crippen LogP contribution is 2.08. The Labute approximate surface area is 114 Å². The second-order valence-corrected chi connectivity index (χ2v) is 4.69. The van der Waals surface area contributed by atoms with Gasteiger partial charge >= 0.3 is 0 Å². The molecule has 0 unspecified atom stereocenters. The predicted molar refractivity (Wildman–Crippen MR) is 69.9 cm³/mol. The summed E-state index contributed by atoms with van der Waals surface area (Å²) in [6, 6.07) is 0.0922. The third-order valence-electron chi connectivity index (χ3n) is 2.92. The zero-order valence-electron chi connectivity index (χ0n) is 10.3. The second-order valence-electron chi connectivity index (χ2n) is 4.34. The quantitative estimate of drug-likeness (QED) is 0.748. The molecular formula is C11H15ClN4O3. The van der Waals surface area contributed by atoms with Crippen molar-refractivity contribution in [2.75, 3.05) is 18.9 Å². The van der Waals surface area contributed by atoms with E-state index < -0.39 is 5.56 Å². The fraction of sp³-hybridized carbons (Fsp3) is 0.545. The van der Waals surface area contributed by atoms with Crippen LogP contribution in [0.25, 0.3) is 0 Å². The highest BCUT2D eigenvalue weighted by molar-refractivity contribution is 6.31. The van der Waals surface area contributed by atoms with Crippen LogP contribution in [0.15, 0.2) is 11.1 Å². The third kappa shape index (κ3) is 3.45. The van der Waals surface area contributed by atoms with Crippen LogP contribution in [-0.2, 0) is 16.1 Å². The summed E-state index contributed by atoms with van der Waals surface area (Å²) in [4.78, 5) is 27.3. The van der Waals surface area contributed by atoms with E-state index in [2.05, 4.69) is 10.3 Å². The predicted octanol–water partition coefficient (Wildman–Crippen LogP) is -0.226. The van der Waals surface area contributed by atoms with Crippen LogP contribution in [0.5, 0.6) is 0 Å². The summed E-state index contributed by atoms with van der Waals surface area (Å²) in [7, 11) is 0. The molecule has 0 saturated carbocycles.